The number of aromatic amines is 1. The summed E-state index contributed by atoms with van der Waals surface area (Å²) in [4.78, 5) is 25.2. The van der Waals surface area contributed by atoms with Crippen molar-refractivity contribution in [3.8, 4) is 0 Å². The first-order valence-corrected chi connectivity index (χ1v) is 9.30. The minimum Gasteiger partial charge on any atom is -0.352 e. The zero-order chi connectivity index (χ0) is 19.3. The molecule has 0 spiro atoms. The fraction of sp³-hybridized carbons (Fsp3) is 0.550. The van der Waals surface area contributed by atoms with E-state index >= 15 is 0 Å². The average molecular weight is 358 g/mol. The van der Waals surface area contributed by atoms with Gasteiger partial charge in [0.15, 0.2) is 0 Å². The van der Waals surface area contributed by atoms with Gasteiger partial charge >= 0.3 is 0 Å². The second-order valence-electron chi connectivity index (χ2n) is 7.33. The summed E-state index contributed by atoms with van der Waals surface area (Å²) in [7, 11) is 0. The molecule has 0 saturated carbocycles. The summed E-state index contributed by atoms with van der Waals surface area (Å²) in [6, 6.07) is 1.84. The lowest BCUT2D eigenvalue weighted by molar-refractivity contribution is 0.0950. The SMILES string of the molecule is Cc1ccn(CCC(C)C)c(=O)c1C(=O)NCCCc1c(C)n[nH]c1C. The maximum absolute atomic E-state index is 12.6. The van der Waals surface area contributed by atoms with Gasteiger partial charge < -0.3 is 9.88 Å². The standard InChI is InChI=1S/C20H30N4O2/c1-13(2)8-11-24-12-9-14(3)18(20(24)26)19(25)21-10-6-7-17-15(4)22-23-16(17)5/h9,12-13H,6-8,10-11H2,1-5H3,(H,21,25)(H,22,23). The van der Waals surface area contributed by atoms with E-state index in [0.29, 0.717) is 19.0 Å². The number of carbonyl (C=O) groups is 1. The number of aryl methyl sites for hydroxylation is 4. The Morgan fingerprint density at radius 3 is 2.65 bits per heavy atom. The lowest BCUT2D eigenvalue weighted by atomic mass is 10.1. The maximum atomic E-state index is 12.6. The second-order valence-corrected chi connectivity index (χ2v) is 7.33. The van der Waals surface area contributed by atoms with Crippen LogP contribution in [-0.4, -0.2) is 27.2 Å². The number of hydrogen-bond donors (Lipinski definition) is 2. The molecule has 2 rings (SSSR count). The van der Waals surface area contributed by atoms with Gasteiger partial charge in [0.25, 0.3) is 11.5 Å². The lowest BCUT2D eigenvalue weighted by Gasteiger charge is -2.12. The average Bonchev–Trinajstić information content (AvgIpc) is 2.89. The number of hydrogen-bond acceptors (Lipinski definition) is 3. The summed E-state index contributed by atoms with van der Waals surface area (Å²) in [5.74, 6) is 0.224. The van der Waals surface area contributed by atoms with Crippen LogP contribution in [0.1, 0.15) is 59.6 Å². The number of H-pyrrole nitrogens is 1. The first-order valence-electron chi connectivity index (χ1n) is 9.30. The van der Waals surface area contributed by atoms with Gasteiger partial charge in [-0.1, -0.05) is 13.8 Å². The van der Waals surface area contributed by atoms with Gasteiger partial charge in [-0.15, -0.1) is 0 Å². The predicted octanol–water partition coefficient (Wildman–Crippen LogP) is 2.91. The van der Waals surface area contributed by atoms with Crippen molar-refractivity contribution >= 4 is 5.91 Å². The fourth-order valence-corrected chi connectivity index (χ4v) is 3.01. The topological polar surface area (TPSA) is 79.8 Å². The van der Waals surface area contributed by atoms with Crippen LogP contribution in [0.5, 0.6) is 0 Å². The Bertz CT molecular complexity index is 798. The Balaban J connectivity index is 1.98. The van der Waals surface area contributed by atoms with E-state index in [0.717, 1.165) is 36.2 Å². The van der Waals surface area contributed by atoms with Gasteiger partial charge in [-0.3, -0.25) is 14.7 Å². The largest absolute Gasteiger partial charge is 0.352 e. The summed E-state index contributed by atoms with van der Waals surface area (Å²) < 4.78 is 1.64. The molecule has 0 unspecified atom stereocenters. The Morgan fingerprint density at radius 1 is 1.31 bits per heavy atom. The van der Waals surface area contributed by atoms with Gasteiger partial charge in [-0.25, -0.2) is 0 Å². The summed E-state index contributed by atoms with van der Waals surface area (Å²) in [6.45, 7) is 11.2. The van der Waals surface area contributed by atoms with Crippen molar-refractivity contribution in [2.75, 3.05) is 6.54 Å². The van der Waals surface area contributed by atoms with Crippen molar-refractivity contribution in [2.24, 2.45) is 5.92 Å². The Morgan fingerprint density at radius 2 is 2.04 bits per heavy atom. The summed E-state index contributed by atoms with van der Waals surface area (Å²) in [5.41, 5.74) is 4.04. The van der Waals surface area contributed by atoms with E-state index in [2.05, 4.69) is 29.4 Å². The molecular formula is C20H30N4O2. The Labute approximate surface area is 155 Å². The summed E-state index contributed by atoms with van der Waals surface area (Å²) in [6.07, 6.45) is 4.34. The number of rotatable bonds is 8. The highest BCUT2D eigenvalue weighted by atomic mass is 16.2. The van der Waals surface area contributed by atoms with Crippen LogP contribution in [-0.2, 0) is 13.0 Å². The molecule has 142 valence electrons. The van der Waals surface area contributed by atoms with Crippen molar-refractivity contribution in [3.05, 3.63) is 50.7 Å². The molecule has 6 nitrogen and oxygen atoms in total. The zero-order valence-corrected chi connectivity index (χ0v) is 16.5. The number of amides is 1. The van der Waals surface area contributed by atoms with E-state index in [1.165, 1.54) is 5.56 Å². The number of pyridine rings is 1. The smallest absolute Gasteiger partial charge is 0.263 e. The Kier molecular flexibility index (Phi) is 6.77. The molecule has 0 aromatic carbocycles. The highest BCUT2D eigenvalue weighted by molar-refractivity contribution is 5.95. The van der Waals surface area contributed by atoms with Crippen LogP contribution >= 0.6 is 0 Å². The quantitative estimate of drug-likeness (QED) is 0.712. The van der Waals surface area contributed by atoms with E-state index in [9.17, 15) is 9.59 Å². The third-order valence-electron chi connectivity index (χ3n) is 4.72. The summed E-state index contributed by atoms with van der Waals surface area (Å²) in [5, 5.41) is 10.0. The highest BCUT2D eigenvalue weighted by Gasteiger charge is 2.15. The third-order valence-corrected chi connectivity index (χ3v) is 4.72. The lowest BCUT2D eigenvalue weighted by Crippen LogP contribution is -2.34. The first-order chi connectivity index (χ1) is 12.3. The molecule has 2 N–H and O–H groups in total. The van der Waals surface area contributed by atoms with E-state index in [-0.39, 0.29) is 17.0 Å². The van der Waals surface area contributed by atoms with E-state index in [1.54, 1.807) is 17.7 Å². The van der Waals surface area contributed by atoms with Crippen LogP contribution in [0.4, 0.5) is 0 Å². The number of nitrogens with one attached hydrogen (secondary N) is 2. The van der Waals surface area contributed by atoms with Crippen molar-refractivity contribution in [1.82, 2.24) is 20.1 Å². The van der Waals surface area contributed by atoms with Crippen LogP contribution in [0.3, 0.4) is 0 Å². The van der Waals surface area contributed by atoms with Crippen molar-refractivity contribution < 1.29 is 4.79 Å². The van der Waals surface area contributed by atoms with Crippen LogP contribution in [0, 0.1) is 26.7 Å². The van der Waals surface area contributed by atoms with Crippen LogP contribution in [0.15, 0.2) is 17.1 Å². The molecule has 0 radical (unpaired) electrons. The zero-order valence-electron chi connectivity index (χ0n) is 16.5. The van der Waals surface area contributed by atoms with Crippen LogP contribution in [0.2, 0.25) is 0 Å². The third kappa shape index (κ3) is 4.84. The molecule has 0 aliphatic heterocycles. The summed E-state index contributed by atoms with van der Waals surface area (Å²) >= 11 is 0. The molecule has 6 heteroatoms. The van der Waals surface area contributed by atoms with E-state index in [4.69, 9.17) is 0 Å². The van der Waals surface area contributed by atoms with Gasteiger partial charge in [0.05, 0.1) is 5.69 Å². The Hall–Kier alpha value is -2.37. The number of aromatic nitrogens is 3. The molecular weight excluding hydrogens is 328 g/mol. The minimum absolute atomic E-state index is 0.204. The maximum Gasteiger partial charge on any atom is 0.263 e. The molecule has 2 heterocycles. The molecule has 0 saturated heterocycles. The minimum atomic E-state index is -0.285. The molecule has 0 atom stereocenters. The van der Waals surface area contributed by atoms with E-state index in [1.807, 2.05) is 19.9 Å². The van der Waals surface area contributed by atoms with Crippen LogP contribution in [0.25, 0.3) is 0 Å². The molecule has 0 bridgehead atoms. The van der Waals surface area contributed by atoms with Gasteiger partial charge in [0.1, 0.15) is 5.56 Å². The molecule has 1 amide bonds. The van der Waals surface area contributed by atoms with Gasteiger partial charge in [-0.05, 0) is 63.1 Å². The first kappa shape index (κ1) is 19.9. The molecule has 2 aromatic heterocycles. The molecule has 26 heavy (non-hydrogen) atoms. The van der Waals surface area contributed by atoms with Gasteiger partial charge in [-0.2, -0.15) is 5.10 Å². The fourth-order valence-electron chi connectivity index (χ4n) is 3.01. The van der Waals surface area contributed by atoms with Crippen molar-refractivity contribution in [3.63, 3.8) is 0 Å². The normalized spacial score (nSPS) is 11.2. The van der Waals surface area contributed by atoms with E-state index < -0.39 is 0 Å². The van der Waals surface area contributed by atoms with Gasteiger partial charge in [0.2, 0.25) is 0 Å². The molecule has 0 aliphatic rings. The second kappa shape index (κ2) is 8.83. The van der Waals surface area contributed by atoms with Crippen molar-refractivity contribution in [2.45, 2.75) is 60.4 Å². The monoisotopic (exact) mass is 358 g/mol. The van der Waals surface area contributed by atoms with Crippen molar-refractivity contribution in [1.29, 1.82) is 0 Å². The molecule has 2 aromatic rings. The number of nitrogens with zero attached hydrogens (tertiary/aromatic N) is 2. The molecule has 0 fully saturated rings. The van der Waals surface area contributed by atoms with Gasteiger partial charge in [0, 0.05) is 25.0 Å². The predicted molar refractivity (Wildman–Crippen MR) is 104 cm³/mol. The highest BCUT2D eigenvalue weighted by Crippen LogP contribution is 2.11. The molecule has 0 aliphatic carbocycles. The van der Waals surface area contributed by atoms with Crippen LogP contribution < -0.4 is 10.9 Å². The number of carbonyl (C=O) groups excluding carboxylic acids is 1.